The molecule has 41 heavy (non-hydrogen) atoms. The molecule has 0 spiro atoms. The van der Waals surface area contributed by atoms with Gasteiger partial charge >= 0.3 is 5.97 Å². The third-order valence-corrected chi connectivity index (χ3v) is 8.81. The number of hydrogen-bond donors (Lipinski definition) is 0. The van der Waals surface area contributed by atoms with Crippen molar-refractivity contribution in [3.05, 3.63) is 105 Å². The Morgan fingerprint density at radius 2 is 1.88 bits per heavy atom. The molecule has 1 unspecified atom stereocenters. The number of benzene rings is 2. The molecule has 0 saturated carbocycles. The summed E-state index contributed by atoms with van der Waals surface area (Å²) in [5.41, 5.74) is 1.24. The second kappa shape index (κ2) is 9.74. The van der Waals surface area contributed by atoms with Crippen molar-refractivity contribution in [2.45, 2.75) is 36.1 Å². The Morgan fingerprint density at radius 3 is 2.68 bits per heavy atom. The molecule has 4 aliphatic heterocycles. The van der Waals surface area contributed by atoms with Gasteiger partial charge < -0.3 is 19.1 Å². The van der Waals surface area contributed by atoms with Gasteiger partial charge in [0.25, 0.3) is 12.2 Å². The number of carbonyl (C=O) groups excluding carboxylic acids is 2. The molecule has 9 nitrogen and oxygen atoms in total. The lowest BCUT2D eigenvalue weighted by molar-refractivity contribution is -0.148. The van der Waals surface area contributed by atoms with Crippen LogP contribution in [0.1, 0.15) is 40.1 Å². The first-order chi connectivity index (χ1) is 19.8. The number of nitrogens with zero attached hydrogens (tertiary/aromatic N) is 3. The lowest BCUT2D eigenvalue weighted by Crippen LogP contribution is -2.66. The van der Waals surface area contributed by atoms with Crippen LogP contribution in [0.15, 0.2) is 70.0 Å². The highest BCUT2D eigenvalue weighted by molar-refractivity contribution is 7.98. The molecule has 5 heterocycles. The predicted molar refractivity (Wildman–Crippen MR) is 143 cm³/mol. The Hall–Kier alpha value is -4.16. The molecule has 2 aromatic carbocycles. The van der Waals surface area contributed by atoms with Crippen molar-refractivity contribution >= 4 is 23.6 Å². The van der Waals surface area contributed by atoms with Crippen molar-refractivity contribution in [3.8, 4) is 5.75 Å². The topological polar surface area (TPSA) is 90.3 Å². The fourth-order valence-corrected chi connectivity index (χ4v) is 6.88. The number of carbonyl (C=O) groups is 2. The van der Waals surface area contributed by atoms with Gasteiger partial charge in [-0.25, -0.2) is 13.6 Å². The van der Waals surface area contributed by atoms with Crippen LogP contribution in [0.25, 0.3) is 0 Å². The van der Waals surface area contributed by atoms with Gasteiger partial charge in [0.15, 0.2) is 17.3 Å². The van der Waals surface area contributed by atoms with Crippen molar-refractivity contribution in [3.63, 3.8) is 0 Å². The number of hydrogen-bond acceptors (Lipinski definition) is 8. The molecule has 0 radical (unpaired) electrons. The maximum atomic E-state index is 15.3. The van der Waals surface area contributed by atoms with Gasteiger partial charge in [-0.1, -0.05) is 24.3 Å². The van der Waals surface area contributed by atoms with Crippen LogP contribution in [-0.4, -0.2) is 53.7 Å². The predicted octanol–water partition coefficient (Wildman–Crippen LogP) is 3.48. The normalized spacial score (nSPS) is 23.1. The molecule has 3 atom stereocenters. The van der Waals surface area contributed by atoms with Crippen molar-refractivity contribution in [1.82, 2.24) is 9.58 Å². The van der Waals surface area contributed by atoms with E-state index < -0.39 is 47.4 Å². The van der Waals surface area contributed by atoms with Crippen molar-refractivity contribution < 1.29 is 32.6 Å². The first-order valence-corrected chi connectivity index (χ1v) is 14.0. The van der Waals surface area contributed by atoms with E-state index in [0.29, 0.717) is 11.1 Å². The summed E-state index contributed by atoms with van der Waals surface area (Å²) in [6.07, 6.45) is 1.07. The van der Waals surface area contributed by atoms with Gasteiger partial charge in [0, 0.05) is 46.7 Å². The molecular weight excluding hydrogens is 556 g/mol. The minimum Gasteiger partial charge on any atom is -0.444 e. The molecule has 1 fully saturated rings. The molecule has 12 heteroatoms. The Bertz CT molecular complexity index is 1710. The lowest BCUT2D eigenvalue weighted by atomic mass is 9.93. The van der Waals surface area contributed by atoms with Crippen LogP contribution in [0.5, 0.6) is 5.75 Å². The molecule has 1 amide bonds. The molecular formula is C29H23F2N3O6S. The van der Waals surface area contributed by atoms with Crippen LogP contribution in [-0.2, 0) is 20.0 Å². The summed E-state index contributed by atoms with van der Waals surface area (Å²) in [6, 6.07) is 10.8. The Balaban J connectivity index is 1.47. The van der Waals surface area contributed by atoms with Crippen LogP contribution in [0, 0.1) is 11.6 Å². The van der Waals surface area contributed by atoms with Crippen LogP contribution in [0.3, 0.4) is 0 Å². The Morgan fingerprint density at radius 1 is 1.05 bits per heavy atom. The number of cyclic esters (lactones) is 1. The number of thioether (sulfide) groups is 1. The van der Waals surface area contributed by atoms with E-state index in [1.165, 1.54) is 34.8 Å². The van der Waals surface area contributed by atoms with Crippen LogP contribution in [0.2, 0.25) is 0 Å². The van der Waals surface area contributed by atoms with Crippen LogP contribution < -0.4 is 15.2 Å². The lowest BCUT2D eigenvalue weighted by Gasteiger charge is -2.51. The highest BCUT2D eigenvalue weighted by atomic mass is 32.2. The quantitative estimate of drug-likeness (QED) is 0.436. The molecule has 3 aromatic rings. The van der Waals surface area contributed by atoms with E-state index in [0.717, 1.165) is 16.5 Å². The zero-order valence-electron chi connectivity index (χ0n) is 21.7. The number of pyridine rings is 1. The summed E-state index contributed by atoms with van der Waals surface area (Å²) in [7, 11) is 0. The molecule has 7 rings (SSSR count). The van der Waals surface area contributed by atoms with E-state index in [1.54, 1.807) is 17.9 Å². The van der Waals surface area contributed by atoms with Gasteiger partial charge in [0.05, 0.1) is 19.3 Å². The summed E-state index contributed by atoms with van der Waals surface area (Å²) < 4.78 is 48.2. The third kappa shape index (κ3) is 4.04. The standard InChI is InChI=1S/C29H23F2N3O6S/c1-15-12-23(40-29(15)37)39-27-20(35)8-9-33-26(27)28(36)32-10-11-38-13-22(32)34(33)25-16-6-7-19(30)24(31)18(16)14-41-21-5-3-2-4-17(21)25/h2-9,12,22-23,25H,10-11,13-14H2,1H3/t22-,23?,25+/m1/s1. The number of aromatic nitrogens is 1. The third-order valence-electron chi connectivity index (χ3n) is 7.70. The van der Waals surface area contributed by atoms with Crippen molar-refractivity contribution in [1.29, 1.82) is 0 Å². The SMILES string of the molecule is CC1=CC(Oc2c3n(ccc2=O)N([C@@H]2c4ccccc4SCc4c2ccc(F)c4F)[C@@H]2COCCN2C3=O)OC1=O. The molecule has 210 valence electrons. The molecule has 4 aliphatic rings. The summed E-state index contributed by atoms with van der Waals surface area (Å²) >= 11 is 1.40. The smallest absolute Gasteiger partial charge is 0.336 e. The number of rotatable bonds is 3. The largest absolute Gasteiger partial charge is 0.444 e. The maximum absolute atomic E-state index is 15.3. The van der Waals surface area contributed by atoms with Gasteiger partial charge in [-0.15, -0.1) is 11.8 Å². The summed E-state index contributed by atoms with van der Waals surface area (Å²) in [6.45, 7) is 2.21. The summed E-state index contributed by atoms with van der Waals surface area (Å²) in [4.78, 5) is 41.6. The number of fused-ring (bicyclic) bond motifs is 4. The molecule has 1 aromatic heterocycles. The number of esters is 1. The van der Waals surface area contributed by atoms with E-state index in [2.05, 4.69) is 0 Å². The number of ether oxygens (including phenoxy) is 3. The molecule has 1 saturated heterocycles. The number of morpholine rings is 1. The molecule has 0 bridgehead atoms. The van der Waals surface area contributed by atoms with Crippen molar-refractivity contribution in [2.24, 2.45) is 0 Å². The maximum Gasteiger partial charge on any atom is 0.336 e. The van der Waals surface area contributed by atoms with Gasteiger partial charge in [-0.2, -0.15) is 0 Å². The summed E-state index contributed by atoms with van der Waals surface area (Å²) in [5.74, 6) is -2.99. The average molecular weight is 580 g/mol. The highest BCUT2D eigenvalue weighted by Gasteiger charge is 2.46. The summed E-state index contributed by atoms with van der Waals surface area (Å²) in [5, 5.41) is 1.85. The second-order valence-corrected chi connectivity index (χ2v) is 11.1. The van der Waals surface area contributed by atoms with Crippen molar-refractivity contribution in [2.75, 3.05) is 24.8 Å². The van der Waals surface area contributed by atoms with Crippen LogP contribution >= 0.6 is 11.8 Å². The number of halogens is 2. The fraction of sp³-hybridized carbons (Fsp3) is 0.276. The van der Waals surface area contributed by atoms with E-state index in [1.807, 2.05) is 29.3 Å². The van der Waals surface area contributed by atoms with Gasteiger partial charge in [0.1, 0.15) is 6.17 Å². The zero-order chi connectivity index (χ0) is 28.4. The first kappa shape index (κ1) is 25.8. The second-order valence-electron chi connectivity index (χ2n) is 10.0. The number of amides is 1. The van der Waals surface area contributed by atoms with Gasteiger partial charge in [-0.3, -0.25) is 19.3 Å². The van der Waals surface area contributed by atoms with Crippen LogP contribution in [0.4, 0.5) is 8.78 Å². The zero-order valence-corrected chi connectivity index (χ0v) is 22.5. The van der Waals surface area contributed by atoms with Gasteiger partial charge in [-0.05, 0) is 30.2 Å². The average Bonchev–Trinajstić information content (AvgIpc) is 3.19. The minimum atomic E-state index is -1.18. The molecule has 0 aliphatic carbocycles. The fourth-order valence-electron chi connectivity index (χ4n) is 5.76. The minimum absolute atomic E-state index is 0.0665. The van der Waals surface area contributed by atoms with E-state index in [-0.39, 0.29) is 42.5 Å². The van der Waals surface area contributed by atoms with Gasteiger partial charge in [0.2, 0.25) is 11.2 Å². The Kier molecular flexibility index (Phi) is 6.12. The van der Waals surface area contributed by atoms with E-state index in [4.69, 9.17) is 14.2 Å². The first-order valence-electron chi connectivity index (χ1n) is 13.0. The van der Waals surface area contributed by atoms with E-state index in [9.17, 15) is 18.8 Å². The highest BCUT2D eigenvalue weighted by Crippen LogP contribution is 2.45. The van der Waals surface area contributed by atoms with E-state index >= 15 is 4.39 Å². The molecule has 0 N–H and O–H groups in total. The Labute approximate surface area is 236 Å². The monoisotopic (exact) mass is 579 g/mol.